The molecule has 3 aromatic rings. The summed E-state index contributed by atoms with van der Waals surface area (Å²) in [6.45, 7) is 4.87. The maximum atomic E-state index is 12.4. The zero-order chi connectivity index (χ0) is 21.0. The first kappa shape index (κ1) is 20.7. The number of hydrogen-bond acceptors (Lipinski definition) is 6. The summed E-state index contributed by atoms with van der Waals surface area (Å²) in [5.74, 6) is 1.11. The van der Waals surface area contributed by atoms with Gasteiger partial charge in [0.15, 0.2) is 11.2 Å². The van der Waals surface area contributed by atoms with Crippen molar-refractivity contribution < 1.29 is 9.84 Å². The summed E-state index contributed by atoms with van der Waals surface area (Å²) in [4.78, 5) is 31.0. The Balaban J connectivity index is 1.86. The number of aryl methyl sites for hydroxylation is 2. The van der Waals surface area contributed by atoms with Crippen LogP contribution in [0.15, 0.2) is 33.9 Å². The minimum Gasteiger partial charge on any atom is -0.491 e. The minimum absolute atomic E-state index is 0.0593. The van der Waals surface area contributed by atoms with Gasteiger partial charge in [0.05, 0.1) is 6.54 Å². The largest absolute Gasteiger partial charge is 0.491 e. The maximum Gasteiger partial charge on any atom is 0.329 e. The Morgan fingerprint density at radius 2 is 2.10 bits per heavy atom. The molecule has 1 unspecified atom stereocenters. The number of ether oxygens (including phenoxy) is 1. The van der Waals surface area contributed by atoms with Crippen LogP contribution >= 0.6 is 0 Å². The third-order valence-electron chi connectivity index (χ3n) is 4.68. The van der Waals surface area contributed by atoms with Crippen LogP contribution in [-0.2, 0) is 20.0 Å². The number of rotatable bonds is 9. The fraction of sp³-hybridized carbons (Fsp3) is 0.450. The molecule has 0 aliphatic rings. The Labute approximate surface area is 168 Å². The highest BCUT2D eigenvalue weighted by Crippen LogP contribution is 2.17. The number of aliphatic hydroxyl groups is 1. The molecule has 0 radical (unpaired) electrons. The van der Waals surface area contributed by atoms with Crippen LogP contribution in [0.2, 0.25) is 0 Å². The van der Waals surface area contributed by atoms with Crippen LogP contribution in [0.3, 0.4) is 0 Å². The molecule has 0 aliphatic carbocycles. The van der Waals surface area contributed by atoms with Gasteiger partial charge in [0, 0.05) is 13.6 Å². The van der Waals surface area contributed by atoms with Gasteiger partial charge in [-0.2, -0.15) is 4.98 Å². The Morgan fingerprint density at radius 3 is 2.83 bits per heavy atom. The average Bonchev–Trinajstić information content (AvgIpc) is 3.08. The molecule has 2 heterocycles. The van der Waals surface area contributed by atoms with E-state index in [9.17, 15) is 14.7 Å². The van der Waals surface area contributed by atoms with Crippen molar-refractivity contribution in [2.24, 2.45) is 7.05 Å². The van der Waals surface area contributed by atoms with E-state index < -0.39 is 17.4 Å². The number of aromatic amines is 1. The van der Waals surface area contributed by atoms with Crippen LogP contribution in [0.4, 0.5) is 5.95 Å². The van der Waals surface area contributed by atoms with E-state index in [4.69, 9.17) is 4.74 Å². The van der Waals surface area contributed by atoms with Crippen LogP contribution in [0.5, 0.6) is 5.75 Å². The highest BCUT2D eigenvalue weighted by molar-refractivity contribution is 5.74. The smallest absolute Gasteiger partial charge is 0.329 e. The SMILES string of the molecule is CCCNc1nc2c(c(=O)[nH]c(=O)n2C)n1CC(O)COc1cccc(CC)c1. The summed E-state index contributed by atoms with van der Waals surface area (Å²) >= 11 is 0. The molecule has 3 N–H and O–H groups in total. The van der Waals surface area contributed by atoms with Crippen LogP contribution in [-0.4, -0.2) is 43.5 Å². The standard InChI is InChI=1S/C20H27N5O4/c1-4-9-21-19-22-17-16(18(27)23-20(28)24(17)3)25(19)11-14(26)12-29-15-8-6-7-13(5-2)10-15/h6-8,10,14,26H,4-5,9,11-12H2,1-3H3,(H,21,22)(H,23,27,28). The third kappa shape index (κ3) is 4.51. The van der Waals surface area contributed by atoms with E-state index in [2.05, 4.69) is 22.2 Å². The normalized spacial score (nSPS) is 12.3. The molecular weight excluding hydrogens is 374 g/mol. The topological polar surface area (TPSA) is 114 Å². The molecule has 9 nitrogen and oxygen atoms in total. The summed E-state index contributed by atoms with van der Waals surface area (Å²) in [6, 6.07) is 7.71. The van der Waals surface area contributed by atoms with E-state index >= 15 is 0 Å². The number of fused-ring (bicyclic) bond motifs is 1. The second-order valence-electron chi connectivity index (χ2n) is 6.93. The molecule has 156 valence electrons. The van der Waals surface area contributed by atoms with Crippen molar-refractivity contribution in [2.75, 3.05) is 18.5 Å². The fourth-order valence-electron chi connectivity index (χ4n) is 3.10. The van der Waals surface area contributed by atoms with Crippen molar-refractivity contribution in [3.8, 4) is 5.75 Å². The number of aromatic nitrogens is 4. The van der Waals surface area contributed by atoms with E-state index in [-0.39, 0.29) is 24.3 Å². The number of nitrogens with zero attached hydrogens (tertiary/aromatic N) is 3. The Morgan fingerprint density at radius 1 is 1.31 bits per heavy atom. The predicted octanol–water partition coefficient (Wildman–Crippen LogP) is 1.25. The molecule has 0 saturated carbocycles. The quantitative estimate of drug-likeness (QED) is 0.497. The monoisotopic (exact) mass is 401 g/mol. The lowest BCUT2D eigenvalue weighted by atomic mass is 10.2. The molecule has 29 heavy (non-hydrogen) atoms. The van der Waals surface area contributed by atoms with Crippen LogP contribution < -0.4 is 21.3 Å². The van der Waals surface area contributed by atoms with Crippen molar-refractivity contribution in [3.63, 3.8) is 0 Å². The third-order valence-corrected chi connectivity index (χ3v) is 4.68. The van der Waals surface area contributed by atoms with Gasteiger partial charge < -0.3 is 19.7 Å². The van der Waals surface area contributed by atoms with E-state index in [1.54, 1.807) is 11.6 Å². The van der Waals surface area contributed by atoms with Gasteiger partial charge in [-0.25, -0.2) is 4.79 Å². The Hall–Kier alpha value is -3.07. The highest BCUT2D eigenvalue weighted by atomic mass is 16.5. The number of hydrogen-bond donors (Lipinski definition) is 3. The lowest BCUT2D eigenvalue weighted by Crippen LogP contribution is -2.31. The molecule has 1 aromatic carbocycles. The summed E-state index contributed by atoms with van der Waals surface area (Å²) in [5, 5.41) is 13.7. The second kappa shape index (κ2) is 8.95. The van der Waals surface area contributed by atoms with Gasteiger partial charge in [-0.05, 0) is 30.5 Å². The first-order valence-electron chi connectivity index (χ1n) is 9.77. The second-order valence-corrected chi connectivity index (χ2v) is 6.93. The number of anilines is 1. The van der Waals surface area contributed by atoms with Gasteiger partial charge >= 0.3 is 5.69 Å². The Bertz CT molecular complexity index is 1100. The van der Waals surface area contributed by atoms with Gasteiger partial charge in [0.2, 0.25) is 5.95 Å². The molecular formula is C20H27N5O4. The van der Waals surface area contributed by atoms with E-state index in [1.807, 2.05) is 31.2 Å². The van der Waals surface area contributed by atoms with Crippen molar-refractivity contribution in [1.82, 2.24) is 19.1 Å². The summed E-state index contributed by atoms with van der Waals surface area (Å²) in [6.07, 6.45) is 0.878. The molecule has 9 heteroatoms. The fourth-order valence-corrected chi connectivity index (χ4v) is 3.10. The minimum atomic E-state index is -0.878. The van der Waals surface area contributed by atoms with Crippen LogP contribution in [0.1, 0.15) is 25.8 Å². The first-order chi connectivity index (χ1) is 13.9. The predicted molar refractivity (Wildman–Crippen MR) is 112 cm³/mol. The molecule has 0 fully saturated rings. The van der Waals surface area contributed by atoms with Gasteiger partial charge in [-0.15, -0.1) is 0 Å². The molecule has 0 spiro atoms. The zero-order valence-electron chi connectivity index (χ0n) is 16.9. The van der Waals surface area contributed by atoms with E-state index in [0.29, 0.717) is 18.2 Å². The number of benzene rings is 1. The van der Waals surface area contributed by atoms with Crippen LogP contribution in [0, 0.1) is 0 Å². The number of imidazole rings is 1. The van der Waals surface area contributed by atoms with Gasteiger partial charge in [0.25, 0.3) is 5.56 Å². The van der Waals surface area contributed by atoms with Crippen molar-refractivity contribution >= 4 is 17.1 Å². The number of H-pyrrole nitrogens is 1. The lowest BCUT2D eigenvalue weighted by Gasteiger charge is -2.16. The molecule has 3 rings (SSSR count). The molecule has 0 saturated heterocycles. The Kier molecular flexibility index (Phi) is 6.38. The number of aliphatic hydroxyl groups excluding tert-OH is 1. The van der Waals surface area contributed by atoms with E-state index in [1.165, 1.54) is 4.57 Å². The van der Waals surface area contributed by atoms with Crippen molar-refractivity contribution in [1.29, 1.82) is 0 Å². The van der Waals surface area contributed by atoms with Gasteiger partial charge in [-0.3, -0.25) is 14.3 Å². The maximum absolute atomic E-state index is 12.4. The molecule has 0 amide bonds. The first-order valence-corrected chi connectivity index (χ1v) is 9.77. The van der Waals surface area contributed by atoms with E-state index in [0.717, 1.165) is 18.4 Å². The average molecular weight is 401 g/mol. The summed E-state index contributed by atoms with van der Waals surface area (Å²) in [5.41, 5.74) is 0.577. The summed E-state index contributed by atoms with van der Waals surface area (Å²) < 4.78 is 8.60. The summed E-state index contributed by atoms with van der Waals surface area (Å²) in [7, 11) is 1.54. The van der Waals surface area contributed by atoms with Crippen LogP contribution in [0.25, 0.3) is 11.2 Å². The molecule has 2 aromatic heterocycles. The van der Waals surface area contributed by atoms with Crippen molar-refractivity contribution in [3.05, 3.63) is 50.7 Å². The zero-order valence-corrected chi connectivity index (χ0v) is 16.9. The number of nitrogens with one attached hydrogen (secondary N) is 2. The molecule has 0 bridgehead atoms. The van der Waals surface area contributed by atoms with Gasteiger partial charge in [0.1, 0.15) is 18.5 Å². The van der Waals surface area contributed by atoms with Gasteiger partial charge in [-0.1, -0.05) is 26.0 Å². The molecule has 0 aliphatic heterocycles. The lowest BCUT2D eigenvalue weighted by molar-refractivity contribution is 0.0938. The van der Waals surface area contributed by atoms with Crippen molar-refractivity contribution in [2.45, 2.75) is 39.3 Å². The molecule has 1 atom stereocenters. The highest BCUT2D eigenvalue weighted by Gasteiger charge is 2.19.